The van der Waals surface area contributed by atoms with Crippen LogP contribution in [0.3, 0.4) is 0 Å². The molecular weight excluding hydrogens is 334 g/mol. The van der Waals surface area contributed by atoms with E-state index in [2.05, 4.69) is 0 Å². The molecule has 0 aliphatic carbocycles. The first-order chi connectivity index (χ1) is 11.2. The van der Waals surface area contributed by atoms with Crippen molar-refractivity contribution >= 4 is 21.9 Å². The van der Waals surface area contributed by atoms with E-state index in [0.29, 0.717) is 13.1 Å². The summed E-state index contributed by atoms with van der Waals surface area (Å²) in [5.41, 5.74) is 0.221. The summed E-state index contributed by atoms with van der Waals surface area (Å²) in [5, 5.41) is 8.70. The Hall–Kier alpha value is -1.87. The molecule has 134 valence electrons. The van der Waals surface area contributed by atoms with Crippen LogP contribution in [0.1, 0.15) is 36.2 Å². The molecule has 0 saturated carbocycles. The Morgan fingerprint density at radius 2 is 1.88 bits per heavy atom. The Morgan fingerprint density at radius 3 is 2.46 bits per heavy atom. The van der Waals surface area contributed by atoms with E-state index in [9.17, 15) is 18.0 Å². The van der Waals surface area contributed by atoms with Crippen molar-refractivity contribution in [2.75, 3.05) is 26.7 Å². The molecule has 24 heavy (non-hydrogen) atoms. The molecule has 1 amide bonds. The van der Waals surface area contributed by atoms with Crippen LogP contribution in [0, 0.1) is 0 Å². The van der Waals surface area contributed by atoms with E-state index in [0.717, 1.165) is 19.3 Å². The van der Waals surface area contributed by atoms with Gasteiger partial charge in [0.1, 0.15) is 10.6 Å². The molecule has 0 radical (unpaired) electrons. The van der Waals surface area contributed by atoms with Crippen LogP contribution in [0.5, 0.6) is 0 Å². The Bertz CT molecular complexity index is 719. The first kappa shape index (κ1) is 18.5. The smallest absolute Gasteiger partial charge is 0.305 e. The van der Waals surface area contributed by atoms with Crippen LogP contribution in [-0.2, 0) is 21.9 Å². The van der Waals surface area contributed by atoms with E-state index in [-0.39, 0.29) is 23.6 Å². The van der Waals surface area contributed by atoms with Gasteiger partial charge in [0.05, 0.1) is 6.42 Å². The van der Waals surface area contributed by atoms with Crippen molar-refractivity contribution in [3.05, 3.63) is 18.0 Å². The van der Waals surface area contributed by atoms with E-state index in [1.165, 1.54) is 33.1 Å². The molecular formula is C15H23N3O5S. The summed E-state index contributed by atoms with van der Waals surface area (Å²) in [4.78, 5) is 24.4. The van der Waals surface area contributed by atoms with Crippen molar-refractivity contribution in [2.24, 2.45) is 7.05 Å². The summed E-state index contributed by atoms with van der Waals surface area (Å²) in [7, 11) is -0.499. The molecule has 9 heteroatoms. The lowest BCUT2D eigenvalue weighted by Crippen LogP contribution is -2.35. The first-order valence-electron chi connectivity index (χ1n) is 7.87. The highest BCUT2D eigenvalue weighted by molar-refractivity contribution is 7.89. The number of sulfonamides is 1. The van der Waals surface area contributed by atoms with Crippen LogP contribution >= 0.6 is 0 Å². The summed E-state index contributed by atoms with van der Waals surface area (Å²) >= 11 is 0. The van der Waals surface area contributed by atoms with Crippen LogP contribution in [0.4, 0.5) is 0 Å². The average Bonchev–Trinajstić information content (AvgIpc) is 2.95. The molecule has 1 aromatic heterocycles. The van der Waals surface area contributed by atoms with Gasteiger partial charge < -0.3 is 14.6 Å². The monoisotopic (exact) mass is 357 g/mol. The standard InChI is InChI=1S/C15H23N3O5S/c1-16(9-6-14(19)20)15(21)13-10-12(11-17(13)2)24(22,23)18-7-4-3-5-8-18/h10-11H,3-9H2,1-2H3,(H,19,20). The molecule has 1 saturated heterocycles. The molecule has 8 nitrogen and oxygen atoms in total. The number of amides is 1. The molecule has 1 aliphatic rings. The Kier molecular flexibility index (Phi) is 5.66. The summed E-state index contributed by atoms with van der Waals surface area (Å²) < 4.78 is 28.3. The van der Waals surface area contributed by atoms with E-state index in [1.807, 2.05) is 0 Å². The van der Waals surface area contributed by atoms with Gasteiger partial charge in [0.15, 0.2) is 0 Å². The normalized spacial score (nSPS) is 16.1. The van der Waals surface area contributed by atoms with Crippen molar-refractivity contribution in [2.45, 2.75) is 30.6 Å². The lowest BCUT2D eigenvalue weighted by Gasteiger charge is -2.25. The number of aryl methyl sites for hydroxylation is 1. The fourth-order valence-corrected chi connectivity index (χ4v) is 4.29. The largest absolute Gasteiger partial charge is 0.481 e. The molecule has 1 N–H and O–H groups in total. The van der Waals surface area contributed by atoms with Gasteiger partial charge in [-0.1, -0.05) is 6.42 Å². The maximum atomic E-state index is 12.7. The number of hydrogen-bond donors (Lipinski definition) is 1. The highest BCUT2D eigenvalue weighted by Crippen LogP contribution is 2.22. The Balaban J connectivity index is 2.20. The van der Waals surface area contributed by atoms with Crippen molar-refractivity contribution in [3.63, 3.8) is 0 Å². The molecule has 0 atom stereocenters. The predicted molar refractivity (Wildman–Crippen MR) is 87.2 cm³/mol. The van der Waals surface area contributed by atoms with Crippen LogP contribution in [0.15, 0.2) is 17.2 Å². The van der Waals surface area contributed by atoms with Crippen LogP contribution < -0.4 is 0 Å². The van der Waals surface area contributed by atoms with Gasteiger partial charge in [-0.3, -0.25) is 9.59 Å². The maximum absolute atomic E-state index is 12.7. The zero-order valence-corrected chi connectivity index (χ0v) is 14.8. The van der Waals surface area contributed by atoms with Gasteiger partial charge in [-0.05, 0) is 18.9 Å². The predicted octanol–water partition coefficient (Wildman–Crippen LogP) is 0.746. The molecule has 1 aliphatic heterocycles. The van der Waals surface area contributed by atoms with Gasteiger partial charge in [-0.15, -0.1) is 0 Å². The zero-order valence-electron chi connectivity index (χ0n) is 13.9. The number of carbonyl (C=O) groups is 2. The van der Waals surface area contributed by atoms with E-state index in [1.54, 1.807) is 7.05 Å². The minimum atomic E-state index is -3.60. The average molecular weight is 357 g/mol. The van der Waals surface area contributed by atoms with Crippen molar-refractivity contribution in [1.29, 1.82) is 0 Å². The van der Waals surface area contributed by atoms with Crippen molar-refractivity contribution in [3.8, 4) is 0 Å². The lowest BCUT2D eigenvalue weighted by atomic mass is 10.2. The fraction of sp³-hybridized carbons (Fsp3) is 0.600. The quantitative estimate of drug-likeness (QED) is 0.810. The molecule has 0 bridgehead atoms. The summed E-state index contributed by atoms with van der Waals surface area (Å²) in [6.45, 7) is 1.06. The molecule has 1 aromatic rings. The third-order valence-electron chi connectivity index (χ3n) is 4.16. The molecule has 1 fully saturated rings. The second-order valence-corrected chi connectivity index (χ2v) is 7.95. The van der Waals surface area contributed by atoms with Crippen LogP contribution in [0.25, 0.3) is 0 Å². The van der Waals surface area contributed by atoms with Gasteiger partial charge in [0.2, 0.25) is 10.0 Å². The van der Waals surface area contributed by atoms with Crippen LogP contribution in [0.2, 0.25) is 0 Å². The maximum Gasteiger partial charge on any atom is 0.305 e. The minimum absolute atomic E-state index is 0.0631. The second kappa shape index (κ2) is 7.35. The number of rotatable bonds is 6. The summed E-state index contributed by atoms with van der Waals surface area (Å²) in [6.07, 6.45) is 3.98. The van der Waals surface area contributed by atoms with Crippen LogP contribution in [-0.4, -0.2) is 65.9 Å². The molecule has 0 spiro atoms. The van der Waals surface area contributed by atoms with Crippen molar-refractivity contribution < 1.29 is 23.1 Å². The Morgan fingerprint density at radius 1 is 1.25 bits per heavy atom. The lowest BCUT2D eigenvalue weighted by molar-refractivity contribution is -0.137. The highest BCUT2D eigenvalue weighted by atomic mass is 32.2. The molecule has 0 unspecified atom stereocenters. The van der Waals surface area contributed by atoms with Gasteiger partial charge in [0.25, 0.3) is 5.91 Å². The number of piperidine rings is 1. The number of aliphatic carboxylic acids is 1. The topological polar surface area (TPSA) is 99.9 Å². The number of carboxylic acids is 1. The van der Waals surface area contributed by atoms with Gasteiger partial charge in [-0.2, -0.15) is 4.31 Å². The van der Waals surface area contributed by atoms with Crippen molar-refractivity contribution in [1.82, 2.24) is 13.8 Å². The molecule has 2 rings (SSSR count). The molecule has 2 heterocycles. The van der Waals surface area contributed by atoms with E-state index >= 15 is 0 Å². The molecule has 0 aromatic carbocycles. The minimum Gasteiger partial charge on any atom is -0.481 e. The van der Waals surface area contributed by atoms with Gasteiger partial charge in [0, 0.05) is 39.9 Å². The van der Waals surface area contributed by atoms with Gasteiger partial charge in [-0.25, -0.2) is 8.42 Å². The van der Waals surface area contributed by atoms with E-state index < -0.39 is 21.9 Å². The fourth-order valence-electron chi connectivity index (χ4n) is 2.70. The number of carboxylic acid groups (broad SMARTS) is 1. The highest BCUT2D eigenvalue weighted by Gasteiger charge is 2.29. The SMILES string of the molecule is CN(CCC(=O)O)C(=O)c1cc(S(=O)(=O)N2CCCCC2)cn1C. The first-order valence-corrected chi connectivity index (χ1v) is 9.31. The number of carbonyl (C=O) groups excluding carboxylic acids is 1. The Labute approximate surface area is 141 Å². The zero-order chi connectivity index (χ0) is 17.9. The number of nitrogens with zero attached hydrogens (tertiary/aromatic N) is 3. The summed E-state index contributed by atoms with van der Waals surface area (Å²) in [6, 6.07) is 1.36. The van der Waals surface area contributed by atoms with E-state index in [4.69, 9.17) is 5.11 Å². The number of aromatic nitrogens is 1. The summed E-state index contributed by atoms with van der Waals surface area (Å²) in [5.74, 6) is -1.39. The number of hydrogen-bond acceptors (Lipinski definition) is 4. The third-order valence-corrected chi connectivity index (χ3v) is 6.02. The second-order valence-electron chi connectivity index (χ2n) is 6.01. The third kappa shape index (κ3) is 3.96. The van der Waals surface area contributed by atoms with Gasteiger partial charge >= 0.3 is 5.97 Å².